The largest absolute Gasteiger partial charge is 0.299 e. The highest BCUT2D eigenvalue weighted by Crippen LogP contribution is 2.38. The van der Waals surface area contributed by atoms with Crippen molar-refractivity contribution >= 4 is 0 Å². The van der Waals surface area contributed by atoms with Crippen molar-refractivity contribution in [3.05, 3.63) is 108 Å². The van der Waals surface area contributed by atoms with Gasteiger partial charge < -0.3 is 0 Å². The van der Waals surface area contributed by atoms with Crippen LogP contribution in [0, 0.1) is 5.92 Å². The Balaban J connectivity index is 1.48. The van der Waals surface area contributed by atoms with Gasteiger partial charge in [0.15, 0.2) is 0 Å². The molecule has 1 heterocycles. The predicted octanol–water partition coefficient (Wildman–Crippen LogP) is 5.73. The molecule has 0 N–H and O–H groups in total. The van der Waals surface area contributed by atoms with Crippen molar-refractivity contribution in [1.82, 2.24) is 4.90 Å². The van der Waals surface area contributed by atoms with Gasteiger partial charge in [0.25, 0.3) is 0 Å². The van der Waals surface area contributed by atoms with E-state index in [2.05, 4.69) is 95.9 Å². The maximum atomic E-state index is 2.61. The van der Waals surface area contributed by atoms with Crippen LogP contribution in [0.3, 0.4) is 0 Å². The van der Waals surface area contributed by atoms with E-state index in [1.54, 1.807) is 0 Å². The first-order valence-corrected chi connectivity index (χ1v) is 9.76. The van der Waals surface area contributed by atoms with E-state index in [-0.39, 0.29) is 0 Å². The molecule has 3 aromatic carbocycles. The summed E-state index contributed by atoms with van der Waals surface area (Å²) >= 11 is 0. The van der Waals surface area contributed by atoms with Gasteiger partial charge in [-0.2, -0.15) is 0 Å². The van der Waals surface area contributed by atoms with E-state index in [1.807, 2.05) is 0 Å². The highest BCUT2D eigenvalue weighted by atomic mass is 15.1. The molecule has 0 amide bonds. The van der Waals surface area contributed by atoms with E-state index in [9.17, 15) is 0 Å². The van der Waals surface area contributed by atoms with Crippen LogP contribution < -0.4 is 0 Å². The standard InChI is InChI=1S/C25H27N/c1-4-10-21(11-5-1)20-26-18-16-24(17-19-26)25(22-12-6-2-7-13-22)23-14-8-3-9-15-23/h1-15,24-25H,16-20H2. The number of benzene rings is 3. The zero-order valence-corrected chi connectivity index (χ0v) is 15.3. The lowest BCUT2D eigenvalue weighted by Gasteiger charge is -2.36. The van der Waals surface area contributed by atoms with Crippen molar-refractivity contribution in [3.63, 3.8) is 0 Å². The summed E-state index contributed by atoms with van der Waals surface area (Å²) in [6, 6.07) is 33.0. The Morgan fingerprint density at radius 1 is 0.654 bits per heavy atom. The van der Waals surface area contributed by atoms with Gasteiger partial charge in [-0.25, -0.2) is 0 Å². The quantitative estimate of drug-likeness (QED) is 0.573. The van der Waals surface area contributed by atoms with Crippen molar-refractivity contribution in [2.24, 2.45) is 5.92 Å². The number of nitrogens with zero attached hydrogens (tertiary/aromatic N) is 1. The average molecular weight is 341 g/mol. The third kappa shape index (κ3) is 4.05. The van der Waals surface area contributed by atoms with Crippen molar-refractivity contribution in [1.29, 1.82) is 0 Å². The monoisotopic (exact) mass is 341 g/mol. The SMILES string of the molecule is c1ccc(CN2CCC(C(c3ccccc3)c3ccccc3)CC2)cc1. The van der Waals surface area contributed by atoms with Crippen LogP contribution in [0.4, 0.5) is 0 Å². The van der Waals surface area contributed by atoms with Crippen molar-refractivity contribution in [3.8, 4) is 0 Å². The summed E-state index contributed by atoms with van der Waals surface area (Å²) in [5.41, 5.74) is 4.34. The lowest BCUT2D eigenvalue weighted by Crippen LogP contribution is -2.35. The van der Waals surface area contributed by atoms with Gasteiger partial charge in [-0.15, -0.1) is 0 Å². The summed E-state index contributed by atoms with van der Waals surface area (Å²) in [5, 5.41) is 0. The van der Waals surface area contributed by atoms with Gasteiger partial charge in [0.2, 0.25) is 0 Å². The minimum absolute atomic E-state index is 0.510. The third-order valence-corrected chi connectivity index (χ3v) is 5.67. The summed E-state index contributed by atoms with van der Waals surface area (Å²) in [6.45, 7) is 3.46. The van der Waals surface area contributed by atoms with Gasteiger partial charge in [0, 0.05) is 12.5 Å². The fourth-order valence-corrected chi connectivity index (χ4v) is 4.34. The van der Waals surface area contributed by atoms with Crippen LogP contribution >= 0.6 is 0 Å². The molecule has 1 aliphatic heterocycles. The van der Waals surface area contributed by atoms with E-state index in [0.29, 0.717) is 11.8 Å². The second kappa shape index (κ2) is 8.33. The summed E-state index contributed by atoms with van der Waals surface area (Å²) < 4.78 is 0. The molecule has 0 spiro atoms. The van der Waals surface area contributed by atoms with Crippen LogP contribution in [0.1, 0.15) is 35.4 Å². The van der Waals surface area contributed by atoms with Crippen molar-refractivity contribution < 1.29 is 0 Å². The van der Waals surface area contributed by atoms with Gasteiger partial charge in [0.05, 0.1) is 0 Å². The first kappa shape index (κ1) is 17.1. The van der Waals surface area contributed by atoms with E-state index >= 15 is 0 Å². The Hall–Kier alpha value is -2.38. The highest BCUT2D eigenvalue weighted by molar-refractivity contribution is 5.33. The molecule has 0 radical (unpaired) electrons. The van der Waals surface area contributed by atoms with Crippen LogP contribution in [-0.4, -0.2) is 18.0 Å². The van der Waals surface area contributed by atoms with Gasteiger partial charge in [-0.05, 0) is 48.5 Å². The van der Waals surface area contributed by atoms with Gasteiger partial charge in [0.1, 0.15) is 0 Å². The second-order valence-electron chi connectivity index (χ2n) is 7.40. The summed E-state index contributed by atoms with van der Waals surface area (Å²) in [7, 11) is 0. The molecule has 1 saturated heterocycles. The molecule has 1 aliphatic rings. The van der Waals surface area contributed by atoms with Crippen LogP contribution in [0.15, 0.2) is 91.0 Å². The summed E-state index contributed by atoms with van der Waals surface area (Å²) in [5.74, 6) is 1.23. The first-order chi connectivity index (χ1) is 12.9. The van der Waals surface area contributed by atoms with Crippen LogP contribution in [-0.2, 0) is 6.54 Å². The lowest BCUT2D eigenvalue weighted by atomic mass is 9.76. The molecule has 0 aliphatic carbocycles. The summed E-state index contributed by atoms with van der Waals surface area (Å²) in [4.78, 5) is 2.61. The number of piperidine rings is 1. The average Bonchev–Trinajstić information content (AvgIpc) is 2.72. The minimum Gasteiger partial charge on any atom is -0.299 e. The van der Waals surface area contributed by atoms with Crippen LogP contribution in [0.5, 0.6) is 0 Å². The molecule has 1 heteroatoms. The zero-order valence-electron chi connectivity index (χ0n) is 15.3. The molecule has 1 nitrogen and oxygen atoms in total. The topological polar surface area (TPSA) is 3.24 Å². The molecule has 26 heavy (non-hydrogen) atoms. The second-order valence-corrected chi connectivity index (χ2v) is 7.40. The predicted molar refractivity (Wildman–Crippen MR) is 109 cm³/mol. The Labute approximate surface area is 157 Å². The fourth-order valence-electron chi connectivity index (χ4n) is 4.34. The lowest BCUT2D eigenvalue weighted by molar-refractivity contribution is 0.168. The Morgan fingerprint density at radius 3 is 1.62 bits per heavy atom. The maximum absolute atomic E-state index is 2.61. The molecular formula is C25H27N. The normalized spacial score (nSPS) is 16.0. The molecule has 0 bridgehead atoms. The van der Waals surface area contributed by atoms with Crippen molar-refractivity contribution in [2.75, 3.05) is 13.1 Å². The van der Waals surface area contributed by atoms with E-state index in [1.165, 1.54) is 42.6 Å². The number of hydrogen-bond donors (Lipinski definition) is 0. The molecule has 0 atom stereocenters. The molecule has 0 unspecified atom stereocenters. The smallest absolute Gasteiger partial charge is 0.0233 e. The van der Waals surface area contributed by atoms with Crippen LogP contribution in [0.2, 0.25) is 0 Å². The van der Waals surface area contributed by atoms with Gasteiger partial charge >= 0.3 is 0 Å². The Kier molecular flexibility index (Phi) is 5.47. The minimum atomic E-state index is 0.510. The summed E-state index contributed by atoms with van der Waals surface area (Å²) in [6.07, 6.45) is 2.53. The van der Waals surface area contributed by atoms with E-state index < -0.39 is 0 Å². The van der Waals surface area contributed by atoms with Gasteiger partial charge in [-0.1, -0.05) is 91.0 Å². The highest BCUT2D eigenvalue weighted by Gasteiger charge is 2.28. The Morgan fingerprint density at radius 2 is 1.12 bits per heavy atom. The van der Waals surface area contributed by atoms with Crippen LogP contribution in [0.25, 0.3) is 0 Å². The molecular weight excluding hydrogens is 314 g/mol. The first-order valence-electron chi connectivity index (χ1n) is 9.76. The fraction of sp³-hybridized carbons (Fsp3) is 0.280. The molecule has 4 rings (SSSR count). The number of rotatable bonds is 5. The van der Waals surface area contributed by atoms with Gasteiger partial charge in [-0.3, -0.25) is 4.90 Å². The Bertz CT molecular complexity index is 735. The van der Waals surface area contributed by atoms with E-state index in [0.717, 1.165) is 6.54 Å². The third-order valence-electron chi connectivity index (χ3n) is 5.67. The number of hydrogen-bond acceptors (Lipinski definition) is 1. The molecule has 132 valence electrons. The van der Waals surface area contributed by atoms with E-state index in [4.69, 9.17) is 0 Å². The molecule has 3 aromatic rings. The zero-order chi connectivity index (χ0) is 17.6. The van der Waals surface area contributed by atoms with Crippen molar-refractivity contribution in [2.45, 2.75) is 25.3 Å². The molecule has 1 fully saturated rings. The molecule has 0 aromatic heterocycles. The number of likely N-dealkylation sites (tertiary alicyclic amines) is 1. The maximum Gasteiger partial charge on any atom is 0.0233 e. The molecule has 0 saturated carbocycles.